The van der Waals surface area contributed by atoms with E-state index in [0.29, 0.717) is 17.5 Å². The Morgan fingerprint density at radius 3 is 1.24 bits per heavy atom. The minimum Gasteiger partial charge on any atom is -0.208 e. The predicted octanol–water partition coefficient (Wildman–Crippen LogP) is 10.5. The molecular weight excluding hydrogens is 546 g/mol. The van der Waals surface area contributed by atoms with Crippen molar-refractivity contribution in [3.63, 3.8) is 0 Å². The molecule has 0 radical (unpaired) electrons. The van der Waals surface area contributed by atoms with E-state index < -0.39 is 0 Å². The van der Waals surface area contributed by atoms with E-state index in [-0.39, 0.29) is 5.41 Å². The zero-order chi connectivity index (χ0) is 30.4. The summed E-state index contributed by atoms with van der Waals surface area (Å²) in [5, 5.41) is 0. The van der Waals surface area contributed by atoms with Gasteiger partial charge in [-0.2, -0.15) is 0 Å². The summed E-state index contributed by atoms with van der Waals surface area (Å²) in [6.45, 7) is 4.66. The second-order valence-electron chi connectivity index (χ2n) is 12.1. The molecule has 1 aliphatic carbocycles. The molecular formula is C42H31N3. The second kappa shape index (κ2) is 10.8. The Balaban J connectivity index is 1.09. The molecule has 214 valence electrons. The molecule has 3 heteroatoms. The Morgan fingerprint density at radius 1 is 0.333 bits per heavy atom. The van der Waals surface area contributed by atoms with Crippen molar-refractivity contribution in [3.8, 4) is 67.5 Å². The van der Waals surface area contributed by atoms with Gasteiger partial charge in [0.25, 0.3) is 0 Å². The van der Waals surface area contributed by atoms with Gasteiger partial charge in [0.2, 0.25) is 0 Å². The number of rotatable bonds is 5. The molecule has 45 heavy (non-hydrogen) atoms. The number of nitrogens with zero attached hydrogens (tertiary/aromatic N) is 3. The molecule has 0 bridgehead atoms. The summed E-state index contributed by atoms with van der Waals surface area (Å²) >= 11 is 0. The van der Waals surface area contributed by atoms with Crippen molar-refractivity contribution in [2.45, 2.75) is 19.3 Å². The van der Waals surface area contributed by atoms with Gasteiger partial charge in [0.05, 0.1) is 0 Å². The highest BCUT2D eigenvalue weighted by molar-refractivity contribution is 5.84. The minimum absolute atomic E-state index is 0.00806. The zero-order valence-electron chi connectivity index (χ0n) is 25.3. The number of fused-ring (bicyclic) bond motifs is 3. The average Bonchev–Trinajstić information content (AvgIpc) is 3.34. The first-order valence-corrected chi connectivity index (χ1v) is 15.4. The molecule has 0 unspecified atom stereocenters. The SMILES string of the molecule is CC1(C)c2ccccc2-c2ccc(-c3ccc(-c4ccc(-c5nc(-c6ccccc6)nc(-c6ccccc6)n5)cc4)cc3)cc21. The van der Waals surface area contributed by atoms with Gasteiger partial charge in [-0.1, -0.05) is 159 Å². The van der Waals surface area contributed by atoms with Crippen LogP contribution in [0.5, 0.6) is 0 Å². The quantitative estimate of drug-likeness (QED) is 0.204. The van der Waals surface area contributed by atoms with Gasteiger partial charge in [0.15, 0.2) is 17.5 Å². The number of hydrogen-bond donors (Lipinski definition) is 0. The van der Waals surface area contributed by atoms with Gasteiger partial charge in [-0.05, 0) is 50.6 Å². The third-order valence-electron chi connectivity index (χ3n) is 8.98. The van der Waals surface area contributed by atoms with Crippen LogP contribution in [-0.4, -0.2) is 15.0 Å². The van der Waals surface area contributed by atoms with Gasteiger partial charge in [-0.25, -0.2) is 15.0 Å². The van der Waals surface area contributed by atoms with Crippen LogP contribution < -0.4 is 0 Å². The van der Waals surface area contributed by atoms with Gasteiger partial charge >= 0.3 is 0 Å². The summed E-state index contributed by atoms with van der Waals surface area (Å²) in [4.78, 5) is 14.6. The molecule has 0 atom stereocenters. The lowest BCUT2D eigenvalue weighted by Gasteiger charge is -2.22. The summed E-state index contributed by atoms with van der Waals surface area (Å²) in [5.74, 6) is 1.99. The standard InChI is InChI=1S/C42H31N3/c1-42(2)37-16-10-9-15-35(37)36-26-25-34(27-38(36)42)30-19-17-28(18-20-30)29-21-23-33(24-22-29)41-44-39(31-11-5-3-6-12-31)43-40(45-41)32-13-7-4-8-14-32/h3-27H,1-2H3. The first-order chi connectivity index (χ1) is 22.0. The van der Waals surface area contributed by atoms with Crippen molar-refractivity contribution in [2.24, 2.45) is 0 Å². The van der Waals surface area contributed by atoms with E-state index in [0.717, 1.165) is 22.3 Å². The maximum absolute atomic E-state index is 4.87. The van der Waals surface area contributed by atoms with Crippen LogP contribution >= 0.6 is 0 Å². The van der Waals surface area contributed by atoms with Crippen molar-refractivity contribution in [2.75, 3.05) is 0 Å². The average molecular weight is 578 g/mol. The molecule has 0 fully saturated rings. The van der Waals surface area contributed by atoms with E-state index in [1.807, 2.05) is 60.7 Å². The van der Waals surface area contributed by atoms with Crippen LogP contribution in [0.4, 0.5) is 0 Å². The number of hydrogen-bond acceptors (Lipinski definition) is 3. The van der Waals surface area contributed by atoms with Crippen LogP contribution in [0.25, 0.3) is 67.5 Å². The van der Waals surface area contributed by atoms with Gasteiger partial charge in [0, 0.05) is 22.1 Å². The maximum Gasteiger partial charge on any atom is 0.164 e. The first-order valence-electron chi connectivity index (χ1n) is 15.4. The Morgan fingerprint density at radius 2 is 0.711 bits per heavy atom. The summed E-state index contributed by atoms with van der Waals surface area (Å²) in [5.41, 5.74) is 13.2. The molecule has 0 saturated carbocycles. The zero-order valence-corrected chi connectivity index (χ0v) is 25.3. The lowest BCUT2D eigenvalue weighted by Crippen LogP contribution is -2.14. The van der Waals surface area contributed by atoms with E-state index in [2.05, 4.69) is 105 Å². The molecule has 0 spiro atoms. The van der Waals surface area contributed by atoms with Crippen molar-refractivity contribution in [3.05, 3.63) is 163 Å². The third kappa shape index (κ3) is 4.83. The van der Waals surface area contributed by atoms with Gasteiger partial charge in [-0.3, -0.25) is 0 Å². The molecule has 0 saturated heterocycles. The van der Waals surface area contributed by atoms with E-state index in [9.17, 15) is 0 Å². The summed E-state index contributed by atoms with van der Waals surface area (Å²) in [6.07, 6.45) is 0. The largest absolute Gasteiger partial charge is 0.208 e. The van der Waals surface area contributed by atoms with Gasteiger partial charge in [0.1, 0.15) is 0 Å². The van der Waals surface area contributed by atoms with Crippen molar-refractivity contribution in [1.29, 1.82) is 0 Å². The first kappa shape index (κ1) is 26.9. The molecule has 7 aromatic rings. The highest BCUT2D eigenvalue weighted by Crippen LogP contribution is 2.49. The van der Waals surface area contributed by atoms with Crippen molar-refractivity contribution >= 4 is 0 Å². The molecule has 0 amide bonds. The van der Waals surface area contributed by atoms with Crippen LogP contribution in [0.15, 0.2) is 152 Å². The lowest BCUT2D eigenvalue weighted by atomic mass is 9.81. The molecule has 8 rings (SSSR count). The molecule has 1 aliphatic rings. The third-order valence-corrected chi connectivity index (χ3v) is 8.98. The van der Waals surface area contributed by atoms with E-state index >= 15 is 0 Å². The lowest BCUT2D eigenvalue weighted by molar-refractivity contribution is 0.660. The fraction of sp³-hybridized carbons (Fsp3) is 0.0714. The maximum atomic E-state index is 4.87. The van der Waals surface area contributed by atoms with Gasteiger partial charge < -0.3 is 0 Å². The minimum atomic E-state index is -0.00806. The normalized spacial score (nSPS) is 12.8. The van der Waals surface area contributed by atoms with Crippen molar-refractivity contribution in [1.82, 2.24) is 15.0 Å². The number of benzene rings is 6. The Labute approximate surface area is 264 Å². The highest BCUT2D eigenvalue weighted by atomic mass is 15.0. The highest BCUT2D eigenvalue weighted by Gasteiger charge is 2.35. The summed E-state index contributed by atoms with van der Waals surface area (Å²) in [7, 11) is 0. The van der Waals surface area contributed by atoms with E-state index in [1.165, 1.54) is 38.9 Å². The fourth-order valence-electron chi connectivity index (χ4n) is 6.49. The van der Waals surface area contributed by atoms with Crippen LogP contribution in [-0.2, 0) is 5.41 Å². The topological polar surface area (TPSA) is 38.7 Å². The van der Waals surface area contributed by atoms with Crippen LogP contribution in [0.1, 0.15) is 25.0 Å². The Bertz CT molecular complexity index is 2090. The monoisotopic (exact) mass is 577 g/mol. The molecule has 3 nitrogen and oxygen atoms in total. The van der Waals surface area contributed by atoms with Crippen LogP contribution in [0.3, 0.4) is 0 Å². The summed E-state index contributed by atoms with van der Waals surface area (Å²) < 4.78 is 0. The van der Waals surface area contributed by atoms with E-state index in [4.69, 9.17) is 15.0 Å². The smallest absolute Gasteiger partial charge is 0.164 e. The predicted molar refractivity (Wildman–Crippen MR) is 185 cm³/mol. The number of aromatic nitrogens is 3. The van der Waals surface area contributed by atoms with E-state index in [1.54, 1.807) is 0 Å². The van der Waals surface area contributed by atoms with Gasteiger partial charge in [-0.15, -0.1) is 0 Å². The molecule has 1 aromatic heterocycles. The molecule has 0 aliphatic heterocycles. The van der Waals surface area contributed by atoms with Crippen molar-refractivity contribution < 1.29 is 0 Å². The fourth-order valence-corrected chi connectivity index (χ4v) is 6.49. The molecule has 1 heterocycles. The summed E-state index contributed by atoms with van der Waals surface area (Å²) in [6, 6.07) is 53.2. The Kier molecular flexibility index (Phi) is 6.46. The van der Waals surface area contributed by atoms with Crippen LogP contribution in [0.2, 0.25) is 0 Å². The Hall–Kier alpha value is -5.67. The molecule has 0 N–H and O–H groups in total. The van der Waals surface area contributed by atoms with Crippen LogP contribution in [0, 0.1) is 0 Å². The second-order valence-corrected chi connectivity index (χ2v) is 12.1. The molecule has 6 aromatic carbocycles.